The van der Waals surface area contributed by atoms with E-state index in [9.17, 15) is 14.4 Å². The number of allylic oxidation sites excluding steroid dienone is 3. The van der Waals surface area contributed by atoms with Gasteiger partial charge in [0.15, 0.2) is 0 Å². The molecule has 0 amide bonds. The average molecular weight is 363 g/mol. The van der Waals surface area contributed by atoms with Gasteiger partial charge in [-0.05, 0) is 52.3 Å². The van der Waals surface area contributed by atoms with Crippen molar-refractivity contribution in [2.75, 3.05) is 0 Å². The van der Waals surface area contributed by atoms with Gasteiger partial charge in [-0.1, -0.05) is 17.7 Å². The van der Waals surface area contributed by atoms with Crippen molar-refractivity contribution < 1.29 is 13.9 Å². The molecule has 0 aliphatic carbocycles. The molecule has 6 heteroatoms. The van der Waals surface area contributed by atoms with Gasteiger partial charge >= 0.3 is 5.97 Å². The lowest BCUT2D eigenvalue weighted by atomic mass is 9.81. The first-order valence-electron chi connectivity index (χ1n) is 7.82. The molecule has 1 aromatic carbocycles. The molecule has 1 heterocycles. The molecule has 0 spiro atoms. The van der Waals surface area contributed by atoms with Crippen molar-refractivity contribution in [1.82, 2.24) is 5.32 Å². The van der Waals surface area contributed by atoms with Crippen LogP contribution in [0, 0.1) is 17.1 Å². The predicted molar refractivity (Wildman–Crippen MR) is 94.1 cm³/mol. The van der Waals surface area contributed by atoms with Gasteiger partial charge in [0, 0.05) is 16.4 Å². The Hall–Kier alpha value is -2.32. The number of nitrogens with one attached hydrogen (secondary N) is 1. The summed E-state index contributed by atoms with van der Waals surface area (Å²) >= 11 is 6.22. The zero-order chi connectivity index (χ0) is 18.9. The third kappa shape index (κ3) is 4.02. The highest BCUT2D eigenvalue weighted by atomic mass is 35.5. The second-order valence-corrected chi connectivity index (χ2v) is 7.32. The zero-order valence-electron chi connectivity index (χ0n) is 14.8. The number of rotatable bonds is 2. The maximum Gasteiger partial charge on any atom is 0.337 e. The van der Waals surface area contributed by atoms with E-state index in [0.717, 1.165) is 0 Å². The molecule has 0 bridgehead atoms. The zero-order valence-corrected chi connectivity index (χ0v) is 15.6. The van der Waals surface area contributed by atoms with Crippen LogP contribution in [0.1, 0.15) is 46.1 Å². The van der Waals surface area contributed by atoms with E-state index in [1.165, 1.54) is 18.2 Å². The summed E-state index contributed by atoms with van der Waals surface area (Å²) < 4.78 is 19.0. The molecular formula is C19H20ClFN2O2. The summed E-state index contributed by atoms with van der Waals surface area (Å²) in [5.41, 5.74) is 1.64. The predicted octanol–water partition coefficient (Wildman–Crippen LogP) is 4.58. The minimum absolute atomic E-state index is 0.154. The summed E-state index contributed by atoms with van der Waals surface area (Å²) in [4.78, 5) is 12.8. The number of nitriles is 1. The van der Waals surface area contributed by atoms with Crippen molar-refractivity contribution in [3.63, 3.8) is 0 Å². The summed E-state index contributed by atoms with van der Waals surface area (Å²) in [5.74, 6) is -1.74. The van der Waals surface area contributed by atoms with Gasteiger partial charge in [-0.15, -0.1) is 0 Å². The molecule has 1 aliphatic heterocycles. The second kappa shape index (κ2) is 6.89. The fraction of sp³-hybridized carbons (Fsp3) is 0.368. The molecule has 132 valence electrons. The van der Waals surface area contributed by atoms with Crippen molar-refractivity contribution in [3.05, 3.63) is 57.1 Å². The molecule has 0 aromatic heterocycles. The Morgan fingerprint density at radius 3 is 2.48 bits per heavy atom. The van der Waals surface area contributed by atoms with Crippen LogP contribution in [0.2, 0.25) is 5.02 Å². The van der Waals surface area contributed by atoms with Crippen molar-refractivity contribution >= 4 is 17.6 Å². The molecule has 1 aliphatic rings. The summed E-state index contributed by atoms with van der Waals surface area (Å²) in [5, 5.41) is 12.8. The van der Waals surface area contributed by atoms with Crippen molar-refractivity contribution in [3.8, 4) is 6.07 Å². The van der Waals surface area contributed by atoms with Crippen molar-refractivity contribution in [2.24, 2.45) is 0 Å². The van der Waals surface area contributed by atoms with Gasteiger partial charge in [-0.2, -0.15) is 5.26 Å². The summed E-state index contributed by atoms with van der Waals surface area (Å²) in [6.45, 7) is 8.79. The van der Waals surface area contributed by atoms with E-state index in [0.29, 0.717) is 28.1 Å². The highest BCUT2D eigenvalue weighted by molar-refractivity contribution is 6.31. The van der Waals surface area contributed by atoms with Gasteiger partial charge in [0.1, 0.15) is 11.4 Å². The Bertz CT molecular complexity index is 829. The van der Waals surface area contributed by atoms with Crippen LogP contribution in [0.5, 0.6) is 0 Å². The molecule has 0 radical (unpaired) electrons. The van der Waals surface area contributed by atoms with Crippen LogP contribution in [0.3, 0.4) is 0 Å². The molecule has 1 atom stereocenters. The Balaban J connectivity index is 2.64. The first-order chi connectivity index (χ1) is 11.5. The lowest BCUT2D eigenvalue weighted by Crippen LogP contribution is -2.32. The number of nitrogens with zero attached hydrogens (tertiary/aromatic N) is 1. The van der Waals surface area contributed by atoms with E-state index < -0.39 is 23.3 Å². The van der Waals surface area contributed by atoms with Crippen LogP contribution >= 0.6 is 11.6 Å². The van der Waals surface area contributed by atoms with Gasteiger partial charge in [0.05, 0.1) is 23.1 Å². The number of dihydropyridines is 1. The normalized spacial score (nSPS) is 17.9. The van der Waals surface area contributed by atoms with E-state index in [1.807, 2.05) is 0 Å². The van der Waals surface area contributed by atoms with Crippen LogP contribution < -0.4 is 5.32 Å². The number of carbonyl (C=O) groups is 1. The topological polar surface area (TPSA) is 62.1 Å². The number of halogens is 2. The van der Waals surface area contributed by atoms with Gasteiger partial charge in [-0.3, -0.25) is 0 Å². The molecule has 0 saturated carbocycles. The minimum atomic E-state index is -0.714. The maximum atomic E-state index is 13.4. The number of hydrogen-bond donors (Lipinski definition) is 1. The van der Waals surface area contributed by atoms with E-state index in [1.54, 1.807) is 34.6 Å². The van der Waals surface area contributed by atoms with Crippen LogP contribution in [-0.2, 0) is 9.53 Å². The molecule has 0 fully saturated rings. The molecule has 4 nitrogen and oxygen atoms in total. The van der Waals surface area contributed by atoms with Crippen LogP contribution in [-0.4, -0.2) is 11.6 Å². The highest BCUT2D eigenvalue weighted by Gasteiger charge is 2.36. The molecule has 1 aromatic rings. The van der Waals surface area contributed by atoms with E-state index in [-0.39, 0.29) is 5.02 Å². The lowest BCUT2D eigenvalue weighted by molar-refractivity contribution is -0.150. The quantitative estimate of drug-likeness (QED) is 0.782. The fourth-order valence-electron chi connectivity index (χ4n) is 2.79. The largest absolute Gasteiger partial charge is 0.457 e. The average Bonchev–Trinajstić information content (AvgIpc) is 2.44. The van der Waals surface area contributed by atoms with Gasteiger partial charge in [0.25, 0.3) is 0 Å². The standard InChI is InChI=1S/C19H20ClFN2O2/c1-10-14(9-22)17(13-7-6-12(21)8-15(13)20)16(11(2)23-10)18(24)25-19(3,4)5/h6-8,17,23H,1-5H3/t17-/m0/s1. The molecular weight excluding hydrogens is 343 g/mol. The summed E-state index contributed by atoms with van der Waals surface area (Å²) in [6, 6.07) is 6.06. The first-order valence-corrected chi connectivity index (χ1v) is 8.20. The number of hydrogen-bond acceptors (Lipinski definition) is 4. The second-order valence-electron chi connectivity index (χ2n) is 6.91. The van der Waals surface area contributed by atoms with Gasteiger partial charge in [-0.25, -0.2) is 9.18 Å². The first kappa shape index (κ1) is 19.0. The highest BCUT2D eigenvalue weighted by Crippen LogP contribution is 2.41. The van der Waals surface area contributed by atoms with Gasteiger partial charge in [0.2, 0.25) is 0 Å². The molecule has 25 heavy (non-hydrogen) atoms. The Morgan fingerprint density at radius 1 is 1.32 bits per heavy atom. The van der Waals surface area contributed by atoms with E-state index in [4.69, 9.17) is 16.3 Å². The van der Waals surface area contributed by atoms with Crippen LogP contribution in [0.4, 0.5) is 4.39 Å². The SMILES string of the molecule is CC1=C(C#N)[C@H](c2ccc(F)cc2Cl)C(C(=O)OC(C)(C)C)=C(C)N1. The monoisotopic (exact) mass is 362 g/mol. The number of carbonyl (C=O) groups excluding carboxylic acids is 1. The van der Waals surface area contributed by atoms with E-state index >= 15 is 0 Å². The third-order valence-corrected chi connectivity index (χ3v) is 4.10. The Labute approximate surface area is 151 Å². The van der Waals surface area contributed by atoms with Crippen LogP contribution in [0.25, 0.3) is 0 Å². The number of benzene rings is 1. The number of esters is 1. The van der Waals surface area contributed by atoms with Crippen LogP contribution in [0.15, 0.2) is 40.7 Å². The number of ether oxygens (including phenoxy) is 1. The van der Waals surface area contributed by atoms with E-state index in [2.05, 4.69) is 11.4 Å². The molecule has 2 rings (SSSR count). The summed E-state index contributed by atoms with van der Waals surface area (Å²) in [7, 11) is 0. The third-order valence-electron chi connectivity index (χ3n) is 3.77. The fourth-order valence-corrected chi connectivity index (χ4v) is 3.07. The summed E-state index contributed by atoms with van der Waals surface area (Å²) in [6.07, 6.45) is 0. The van der Waals surface area contributed by atoms with Crippen molar-refractivity contribution in [2.45, 2.75) is 46.1 Å². The smallest absolute Gasteiger partial charge is 0.337 e. The lowest BCUT2D eigenvalue weighted by Gasteiger charge is -2.31. The molecule has 0 unspecified atom stereocenters. The Kier molecular flexibility index (Phi) is 5.24. The molecule has 0 saturated heterocycles. The van der Waals surface area contributed by atoms with Gasteiger partial charge < -0.3 is 10.1 Å². The van der Waals surface area contributed by atoms with Crippen molar-refractivity contribution in [1.29, 1.82) is 5.26 Å². The maximum absolute atomic E-state index is 13.4. The molecule has 1 N–H and O–H groups in total. The Morgan fingerprint density at radius 2 is 1.96 bits per heavy atom. The minimum Gasteiger partial charge on any atom is -0.457 e.